The largest absolute Gasteiger partial charge is 0.348 e. The summed E-state index contributed by atoms with van der Waals surface area (Å²) in [6.07, 6.45) is 2.91. The van der Waals surface area contributed by atoms with E-state index in [1.807, 2.05) is 0 Å². The zero-order valence-electron chi connectivity index (χ0n) is 15.3. The zero-order chi connectivity index (χ0) is 20.3. The average molecular weight is 384 g/mol. The van der Waals surface area contributed by atoms with Crippen molar-refractivity contribution in [2.75, 3.05) is 5.32 Å². The number of pyridine rings is 1. The molecule has 0 spiro atoms. The van der Waals surface area contributed by atoms with E-state index in [-0.39, 0.29) is 30.1 Å². The van der Waals surface area contributed by atoms with Crippen molar-refractivity contribution in [3.63, 3.8) is 0 Å². The van der Waals surface area contributed by atoms with E-state index in [2.05, 4.69) is 10.6 Å². The van der Waals surface area contributed by atoms with Crippen molar-refractivity contribution in [1.29, 1.82) is 0 Å². The molecule has 3 rings (SSSR count). The second kappa shape index (κ2) is 8.03. The smallest absolute Gasteiger partial charge is 0.285 e. The first kappa shape index (κ1) is 19.3. The van der Waals surface area contributed by atoms with E-state index in [1.165, 1.54) is 0 Å². The molecule has 1 atom stereocenters. The molecule has 1 unspecified atom stereocenters. The lowest BCUT2D eigenvalue weighted by atomic mass is 10.1. The van der Waals surface area contributed by atoms with Gasteiger partial charge in [0.05, 0.1) is 17.2 Å². The lowest BCUT2D eigenvalue weighted by Crippen LogP contribution is -2.33. The summed E-state index contributed by atoms with van der Waals surface area (Å²) in [5.41, 5.74) is 0.764. The molecular formula is C19H20N4O5. The summed E-state index contributed by atoms with van der Waals surface area (Å²) >= 11 is 0. The highest BCUT2D eigenvalue weighted by molar-refractivity contribution is 5.94. The number of carbonyl (C=O) groups excluding carboxylic acids is 2. The van der Waals surface area contributed by atoms with Gasteiger partial charge in [-0.2, -0.15) is 0 Å². The standard InChI is InChI=1S/C19H20N4O5/c1-12(13-4-6-15(7-5-13)21-19(26)14-2-3-14)20-17(24)11-22-10-16(23(27)28)8-9-18(22)25/h4-10,12,14H,2-3,11H2,1H3,(H,20,24)(H,21,26). The van der Waals surface area contributed by atoms with Gasteiger partial charge in [-0.25, -0.2) is 0 Å². The number of aromatic nitrogens is 1. The summed E-state index contributed by atoms with van der Waals surface area (Å²) in [6, 6.07) is 8.95. The molecule has 146 valence electrons. The van der Waals surface area contributed by atoms with E-state index >= 15 is 0 Å². The molecule has 9 nitrogen and oxygen atoms in total. The Morgan fingerprint density at radius 2 is 1.89 bits per heavy atom. The molecule has 1 aromatic heterocycles. The Kier molecular flexibility index (Phi) is 5.53. The summed E-state index contributed by atoms with van der Waals surface area (Å²) in [7, 11) is 0. The predicted molar refractivity (Wildman–Crippen MR) is 102 cm³/mol. The van der Waals surface area contributed by atoms with Crippen LogP contribution in [0.2, 0.25) is 0 Å². The molecular weight excluding hydrogens is 364 g/mol. The number of amides is 2. The Labute approximate surface area is 160 Å². The number of anilines is 1. The van der Waals surface area contributed by atoms with E-state index in [1.54, 1.807) is 31.2 Å². The van der Waals surface area contributed by atoms with Crippen molar-refractivity contribution in [3.05, 3.63) is 68.6 Å². The molecule has 1 fully saturated rings. The summed E-state index contributed by atoms with van der Waals surface area (Å²) in [5.74, 6) is -0.298. The minimum atomic E-state index is -0.625. The van der Waals surface area contributed by atoms with Crippen LogP contribution >= 0.6 is 0 Å². The molecule has 1 aromatic carbocycles. The Hall–Kier alpha value is -3.49. The zero-order valence-corrected chi connectivity index (χ0v) is 15.3. The van der Waals surface area contributed by atoms with E-state index in [4.69, 9.17) is 0 Å². The molecule has 2 aromatic rings. The summed E-state index contributed by atoms with van der Waals surface area (Å²) in [6.45, 7) is 1.46. The Morgan fingerprint density at radius 3 is 2.50 bits per heavy atom. The Morgan fingerprint density at radius 1 is 1.21 bits per heavy atom. The van der Waals surface area contributed by atoms with Crippen LogP contribution in [0, 0.1) is 16.0 Å². The minimum Gasteiger partial charge on any atom is -0.348 e. The fourth-order valence-corrected chi connectivity index (χ4v) is 2.72. The molecule has 0 saturated heterocycles. The van der Waals surface area contributed by atoms with E-state index in [0.717, 1.165) is 41.3 Å². The fourth-order valence-electron chi connectivity index (χ4n) is 2.72. The topological polar surface area (TPSA) is 123 Å². The number of hydrogen-bond donors (Lipinski definition) is 2. The van der Waals surface area contributed by atoms with Gasteiger partial charge in [-0.15, -0.1) is 0 Å². The quantitative estimate of drug-likeness (QED) is 0.558. The van der Waals surface area contributed by atoms with Crippen LogP contribution in [0.15, 0.2) is 47.4 Å². The molecule has 1 aliphatic carbocycles. The van der Waals surface area contributed by atoms with Crippen LogP contribution in [0.3, 0.4) is 0 Å². The highest BCUT2D eigenvalue weighted by atomic mass is 16.6. The van der Waals surface area contributed by atoms with Crippen LogP contribution in [-0.4, -0.2) is 21.3 Å². The summed E-state index contributed by atoms with van der Waals surface area (Å²) in [4.78, 5) is 46.0. The third-order valence-electron chi connectivity index (χ3n) is 4.50. The first-order valence-corrected chi connectivity index (χ1v) is 8.88. The maximum atomic E-state index is 12.2. The van der Waals surface area contributed by atoms with Gasteiger partial charge in [-0.3, -0.25) is 29.1 Å². The SMILES string of the molecule is CC(NC(=O)Cn1cc([N+](=O)[O-])ccc1=O)c1ccc(NC(=O)C2CC2)cc1. The van der Waals surface area contributed by atoms with Gasteiger partial charge < -0.3 is 10.6 Å². The van der Waals surface area contributed by atoms with Gasteiger partial charge in [0, 0.05) is 23.7 Å². The van der Waals surface area contributed by atoms with E-state index in [0.29, 0.717) is 5.69 Å². The third kappa shape index (κ3) is 4.81. The first-order chi connectivity index (χ1) is 13.3. The van der Waals surface area contributed by atoms with Gasteiger partial charge in [-0.05, 0) is 37.5 Å². The molecule has 2 N–H and O–H groups in total. The molecule has 0 bridgehead atoms. The van der Waals surface area contributed by atoms with Crippen molar-refractivity contribution in [2.45, 2.75) is 32.4 Å². The molecule has 1 saturated carbocycles. The number of nitro groups is 1. The molecule has 9 heteroatoms. The average Bonchev–Trinajstić information content (AvgIpc) is 3.49. The second-order valence-electron chi connectivity index (χ2n) is 6.79. The van der Waals surface area contributed by atoms with Crippen LogP contribution in [-0.2, 0) is 16.1 Å². The van der Waals surface area contributed by atoms with Crippen molar-refractivity contribution < 1.29 is 14.5 Å². The van der Waals surface area contributed by atoms with Crippen LogP contribution in [0.4, 0.5) is 11.4 Å². The van der Waals surface area contributed by atoms with Crippen LogP contribution in [0.1, 0.15) is 31.4 Å². The summed E-state index contributed by atoms with van der Waals surface area (Å²) in [5, 5.41) is 16.4. The maximum absolute atomic E-state index is 12.2. The Bertz CT molecular complexity index is 963. The third-order valence-corrected chi connectivity index (χ3v) is 4.50. The van der Waals surface area contributed by atoms with Crippen molar-refractivity contribution >= 4 is 23.2 Å². The Balaban J connectivity index is 1.59. The number of hydrogen-bond acceptors (Lipinski definition) is 5. The van der Waals surface area contributed by atoms with E-state index in [9.17, 15) is 24.5 Å². The lowest BCUT2D eigenvalue weighted by Gasteiger charge is -2.15. The molecule has 28 heavy (non-hydrogen) atoms. The highest BCUT2D eigenvalue weighted by Crippen LogP contribution is 2.30. The lowest BCUT2D eigenvalue weighted by molar-refractivity contribution is -0.385. The van der Waals surface area contributed by atoms with Crippen LogP contribution in [0.25, 0.3) is 0 Å². The van der Waals surface area contributed by atoms with Gasteiger partial charge in [0.15, 0.2) is 0 Å². The first-order valence-electron chi connectivity index (χ1n) is 8.88. The molecule has 0 aliphatic heterocycles. The molecule has 2 amide bonds. The molecule has 1 heterocycles. The number of nitrogens with zero attached hydrogens (tertiary/aromatic N) is 2. The number of nitrogens with one attached hydrogen (secondary N) is 2. The normalized spacial score (nSPS) is 14.2. The molecule has 1 aliphatic rings. The number of benzene rings is 1. The van der Waals surface area contributed by atoms with Gasteiger partial charge in [-0.1, -0.05) is 12.1 Å². The summed E-state index contributed by atoms with van der Waals surface area (Å²) < 4.78 is 0.997. The van der Waals surface area contributed by atoms with Crippen LogP contribution < -0.4 is 16.2 Å². The van der Waals surface area contributed by atoms with Gasteiger partial charge in [0.25, 0.3) is 11.2 Å². The van der Waals surface area contributed by atoms with Crippen LogP contribution in [0.5, 0.6) is 0 Å². The predicted octanol–water partition coefficient (Wildman–Crippen LogP) is 1.98. The fraction of sp³-hybridized carbons (Fsp3) is 0.316. The number of rotatable bonds is 7. The van der Waals surface area contributed by atoms with Gasteiger partial charge in [0.2, 0.25) is 11.8 Å². The van der Waals surface area contributed by atoms with Crippen molar-refractivity contribution in [3.8, 4) is 0 Å². The second-order valence-corrected chi connectivity index (χ2v) is 6.79. The number of carbonyl (C=O) groups is 2. The van der Waals surface area contributed by atoms with E-state index < -0.39 is 16.4 Å². The monoisotopic (exact) mass is 384 g/mol. The highest BCUT2D eigenvalue weighted by Gasteiger charge is 2.29. The van der Waals surface area contributed by atoms with Crippen molar-refractivity contribution in [2.24, 2.45) is 5.92 Å². The van der Waals surface area contributed by atoms with Gasteiger partial charge in [0.1, 0.15) is 6.54 Å². The van der Waals surface area contributed by atoms with Crippen molar-refractivity contribution in [1.82, 2.24) is 9.88 Å². The minimum absolute atomic E-state index is 0.0245. The van der Waals surface area contributed by atoms with Gasteiger partial charge >= 0.3 is 0 Å². The molecule has 0 radical (unpaired) electrons. The maximum Gasteiger partial charge on any atom is 0.285 e.